The highest BCUT2D eigenvalue weighted by molar-refractivity contribution is 5.68. The van der Waals surface area contributed by atoms with E-state index in [-0.39, 0.29) is 11.1 Å². The molecule has 0 radical (unpaired) electrons. The van der Waals surface area contributed by atoms with Gasteiger partial charge in [0.25, 0.3) is 0 Å². The molecule has 30 heavy (non-hydrogen) atoms. The second-order valence-electron chi connectivity index (χ2n) is 7.63. The Morgan fingerprint density at radius 1 is 1.00 bits per heavy atom. The summed E-state index contributed by atoms with van der Waals surface area (Å²) < 4.78 is 41.6. The van der Waals surface area contributed by atoms with Gasteiger partial charge in [-0.2, -0.15) is 0 Å². The summed E-state index contributed by atoms with van der Waals surface area (Å²) in [6.07, 6.45) is 7.06. The molecule has 0 N–H and O–H groups in total. The van der Waals surface area contributed by atoms with E-state index < -0.39 is 17.5 Å². The predicted molar refractivity (Wildman–Crippen MR) is 113 cm³/mol. The molecule has 0 saturated heterocycles. The highest BCUT2D eigenvalue weighted by Crippen LogP contribution is 2.29. The van der Waals surface area contributed by atoms with E-state index in [0.717, 1.165) is 42.3 Å². The third-order valence-corrected chi connectivity index (χ3v) is 5.68. The number of halogens is 3. The van der Waals surface area contributed by atoms with Crippen LogP contribution in [0.5, 0.6) is 0 Å². The lowest BCUT2D eigenvalue weighted by molar-refractivity contribution is 0.305. The molecule has 0 bridgehead atoms. The lowest BCUT2D eigenvalue weighted by atomic mass is 9.96. The molecular weight excluding hydrogens is 385 g/mol. The minimum atomic E-state index is -1.11. The summed E-state index contributed by atoms with van der Waals surface area (Å²) in [5, 5.41) is 0. The summed E-state index contributed by atoms with van der Waals surface area (Å²) >= 11 is 0. The van der Waals surface area contributed by atoms with Crippen LogP contribution in [0.4, 0.5) is 13.2 Å². The predicted octanol–water partition coefficient (Wildman–Crippen LogP) is 5.81. The van der Waals surface area contributed by atoms with Crippen LogP contribution in [-0.2, 0) is 6.42 Å². The molecule has 154 valence electrons. The first kappa shape index (κ1) is 20.4. The fourth-order valence-electron chi connectivity index (χ4n) is 3.81. The number of nitrogens with zero attached hydrogens (tertiary/aromatic N) is 2. The Kier molecular flexibility index (Phi) is 6.00. The molecule has 5 heteroatoms. The fourth-order valence-corrected chi connectivity index (χ4v) is 3.81. The molecule has 0 unspecified atom stereocenters. The van der Waals surface area contributed by atoms with E-state index in [9.17, 15) is 13.2 Å². The van der Waals surface area contributed by atoms with Crippen molar-refractivity contribution in [2.75, 3.05) is 19.6 Å². The van der Waals surface area contributed by atoms with Crippen LogP contribution in [0, 0.1) is 24.4 Å². The standard InChI is InChI=1S/C25H23F3N2/c1-17-24(27)22(15-23(26)25(17)28)20-9-13-30(14-10-20)12-8-18-4-6-19(7-5-18)21-3-2-11-29-16-21/h2-7,9,11,15-16H,8,10,12-14H2,1H3. The monoisotopic (exact) mass is 408 g/mol. The average molecular weight is 408 g/mol. The van der Waals surface area contributed by atoms with Crippen LogP contribution in [0.2, 0.25) is 0 Å². The molecule has 0 aliphatic carbocycles. The number of hydrogen-bond acceptors (Lipinski definition) is 2. The molecular formula is C25H23F3N2. The molecule has 0 fully saturated rings. The van der Waals surface area contributed by atoms with Crippen LogP contribution < -0.4 is 0 Å². The van der Waals surface area contributed by atoms with Gasteiger partial charge in [-0.1, -0.05) is 36.4 Å². The molecule has 0 amide bonds. The van der Waals surface area contributed by atoms with Gasteiger partial charge in [0.15, 0.2) is 11.6 Å². The number of benzene rings is 2. The van der Waals surface area contributed by atoms with Gasteiger partial charge in [0.2, 0.25) is 0 Å². The second kappa shape index (κ2) is 8.84. The normalized spacial score (nSPS) is 14.6. The lowest BCUT2D eigenvalue weighted by Gasteiger charge is -2.27. The van der Waals surface area contributed by atoms with Crippen LogP contribution in [0.3, 0.4) is 0 Å². The van der Waals surface area contributed by atoms with Gasteiger partial charge in [0.05, 0.1) is 0 Å². The largest absolute Gasteiger partial charge is 0.299 e. The molecule has 0 atom stereocenters. The quantitative estimate of drug-likeness (QED) is 0.496. The summed E-state index contributed by atoms with van der Waals surface area (Å²) in [5.74, 6) is -2.77. The zero-order valence-electron chi connectivity index (χ0n) is 16.8. The third-order valence-electron chi connectivity index (χ3n) is 5.68. The Bertz CT molecular complexity index is 1060. The summed E-state index contributed by atoms with van der Waals surface area (Å²) in [5.41, 5.74) is 4.14. The van der Waals surface area contributed by atoms with Crippen molar-refractivity contribution < 1.29 is 13.2 Å². The molecule has 3 aromatic rings. The van der Waals surface area contributed by atoms with Crippen molar-refractivity contribution in [1.82, 2.24) is 9.88 Å². The highest BCUT2D eigenvalue weighted by Gasteiger charge is 2.20. The van der Waals surface area contributed by atoms with Crippen molar-refractivity contribution in [3.05, 3.63) is 95.1 Å². The first-order valence-corrected chi connectivity index (χ1v) is 10.1. The average Bonchev–Trinajstić information content (AvgIpc) is 2.80. The Morgan fingerprint density at radius 2 is 1.80 bits per heavy atom. The van der Waals surface area contributed by atoms with Crippen molar-refractivity contribution in [1.29, 1.82) is 0 Å². The topological polar surface area (TPSA) is 16.1 Å². The number of hydrogen-bond donors (Lipinski definition) is 0. The van der Waals surface area contributed by atoms with Crippen LogP contribution >= 0.6 is 0 Å². The number of rotatable bonds is 5. The molecule has 4 rings (SSSR count). The fraction of sp³-hybridized carbons (Fsp3) is 0.240. The smallest absolute Gasteiger partial charge is 0.164 e. The van der Waals surface area contributed by atoms with Crippen LogP contribution in [0.25, 0.3) is 16.7 Å². The van der Waals surface area contributed by atoms with Gasteiger partial charge in [0, 0.05) is 43.2 Å². The molecule has 0 spiro atoms. The first-order chi connectivity index (χ1) is 14.5. The zero-order chi connectivity index (χ0) is 21.1. The van der Waals surface area contributed by atoms with E-state index in [1.54, 1.807) is 6.20 Å². The molecule has 1 aliphatic heterocycles. The molecule has 2 heterocycles. The van der Waals surface area contributed by atoms with Gasteiger partial charge in [-0.25, -0.2) is 13.2 Å². The molecule has 2 nitrogen and oxygen atoms in total. The van der Waals surface area contributed by atoms with Crippen molar-refractivity contribution >= 4 is 5.57 Å². The van der Waals surface area contributed by atoms with Crippen LogP contribution in [0.1, 0.15) is 23.1 Å². The maximum Gasteiger partial charge on any atom is 0.164 e. The molecule has 1 aromatic heterocycles. The summed E-state index contributed by atoms with van der Waals surface area (Å²) in [7, 11) is 0. The van der Waals surface area contributed by atoms with E-state index >= 15 is 0 Å². The molecule has 1 aliphatic rings. The van der Waals surface area contributed by atoms with Crippen molar-refractivity contribution in [3.8, 4) is 11.1 Å². The number of pyridine rings is 1. The van der Waals surface area contributed by atoms with Gasteiger partial charge in [0.1, 0.15) is 5.82 Å². The maximum atomic E-state index is 14.4. The number of aromatic nitrogens is 1. The van der Waals surface area contributed by atoms with Gasteiger partial charge < -0.3 is 0 Å². The molecule has 0 saturated carbocycles. The Morgan fingerprint density at radius 3 is 2.47 bits per heavy atom. The lowest BCUT2D eigenvalue weighted by Crippen LogP contribution is -2.30. The summed E-state index contributed by atoms with van der Waals surface area (Å²) in [4.78, 5) is 6.43. The van der Waals surface area contributed by atoms with Gasteiger partial charge in [-0.3, -0.25) is 9.88 Å². The minimum absolute atomic E-state index is 0.178. The van der Waals surface area contributed by atoms with Crippen molar-refractivity contribution in [2.24, 2.45) is 0 Å². The zero-order valence-corrected chi connectivity index (χ0v) is 16.8. The SMILES string of the molecule is Cc1c(F)c(F)cc(C2=CCN(CCc3ccc(-c4cccnc4)cc3)CC2)c1F. The van der Waals surface area contributed by atoms with Crippen LogP contribution in [-0.4, -0.2) is 29.5 Å². The first-order valence-electron chi connectivity index (χ1n) is 10.1. The second-order valence-corrected chi connectivity index (χ2v) is 7.63. The summed E-state index contributed by atoms with van der Waals surface area (Å²) in [6.45, 7) is 3.58. The van der Waals surface area contributed by atoms with E-state index in [2.05, 4.69) is 34.1 Å². The third kappa shape index (κ3) is 4.31. The van der Waals surface area contributed by atoms with Crippen molar-refractivity contribution in [3.63, 3.8) is 0 Å². The van der Waals surface area contributed by atoms with Gasteiger partial charge in [-0.15, -0.1) is 0 Å². The van der Waals surface area contributed by atoms with E-state index in [1.807, 2.05) is 24.4 Å². The van der Waals surface area contributed by atoms with E-state index in [0.29, 0.717) is 13.0 Å². The molecule has 2 aromatic carbocycles. The Balaban J connectivity index is 1.37. The summed E-state index contributed by atoms with van der Waals surface area (Å²) in [6, 6.07) is 13.4. The van der Waals surface area contributed by atoms with Crippen LogP contribution in [0.15, 0.2) is 60.9 Å². The Hall–Kier alpha value is -2.92. The van der Waals surface area contributed by atoms with E-state index in [4.69, 9.17) is 0 Å². The van der Waals surface area contributed by atoms with Gasteiger partial charge in [-0.05, 0) is 54.2 Å². The highest BCUT2D eigenvalue weighted by atomic mass is 19.2. The van der Waals surface area contributed by atoms with Crippen molar-refractivity contribution in [2.45, 2.75) is 19.8 Å². The van der Waals surface area contributed by atoms with E-state index in [1.165, 1.54) is 12.5 Å². The maximum absolute atomic E-state index is 14.4. The van der Waals surface area contributed by atoms with Gasteiger partial charge >= 0.3 is 0 Å². The minimum Gasteiger partial charge on any atom is -0.299 e. The Labute approximate surface area is 174 Å².